The number of hydrogen-bond acceptors (Lipinski definition) is 6. The van der Waals surface area contributed by atoms with Crippen LogP contribution in [0.3, 0.4) is 0 Å². The van der Waals surface area contributed by atoms with Crippen LogP contribution in [-0.2, 0) is 10.2 Å². The van der Waals surface area contributed by atoms with Gasteiger partial charge in [0.1, 0.15) is 10.9 Å². The Labute approximate surface area is 139 Å². The molecular weight excluding hydrogens is 306 g/mol. The Bertz CT molecular complexity index is 859. The standard InChI is InChI=1S/C17H19N5O2/c1-10(2)20-14-13-11(9-19-16(18)22-13)8-12(21-14)17(15(23)24)6-4-3-5-7-17/h3-6,8-10H,7H2,1-2H3,(H,20,21)(H,23,24)(H2,18,19,22). The molecule has 0 fully saturated rings. The first-order chi connectivity index (χ1) is 11.4. The molecule has 0 spiro atoms. The highest BCUT2D eigenvalue weighted by Crippen LogP contribution is 2.35. The SMILES string of the molecule is CC(C)Nc1nc(C2(C(=O)O)C=CC=CC2)cc2cnc(N)nc12. The first-order valence-corrected chi connectivity index (χ1v) is 7.70. The van der Waals surface area contributed by atoms with E-state index in [1.807, 2.05) is 26.0 Å². The van der Waals surface area contributed by atoms with Crippen molar-refractivity contribution in [3.63, 3.8) is 0 Å². The van der Waals surface area contributed by atoms with Crippen molar-refractivity contribution in [3.8, 4) is 0 Å². The number of nitrogens with zero attached hydrogens (tertiary/aromatic N) is 3. The maximum absolute atomic E-state index is 12.0. The quantitative estimate of drug-likeness (QED) is 0.790. The van der Waals surface area contributed by atoms with Crippen molar-refractivity contribution in [2.75, 3.05) is 11.1 Å². The van der Waals surface area contributed by atoms with E-state index in [9.17, 15) is 9.90 Å². The zero-order valence-electron chi connectivity index (χ0n) is 13.5. The Balaban J connectivity index is 2.25. The third kappa shape index (κ3) is 2.68. The van der Waals surface area contributed by atoms with Crippen LogP contribution in [0.2, 0.25) is 0 Å². The first kappa shape index (κ1) is 15.9. The fourth-order valence-electron chi connectivity index (χ4n) is 2.73. The second-order valence-electron chi connectivity index (χ2n) is 6.09. The molecule has 1 unspecified atom stereocenters. The number of carboxylic acid groups (broad SMARTS) is 1. The predicted octanol–water partition coefficient (Wildman–Crippen LogP) is 2.27. The molecule has 0 saturated heterocycles. The monoisotopic (exact) mass is 325 g/mol. The summed E-state index contributed by atoms with van der Waals surface area (Å²) in [6.07, 6.45) is 8.99. The Morgan fingerprint density at radius 2 is 2.17 bits per heavy atom. The van der Waals surface area contributed by atoms with Gasteiger partial charge >= 0.3 is 5.97 Å². The summed E-state index contributed by atoms with van der Waals surface area (Å²) >= 11 is 0. The van der Waals surface area contributed by atoms with E-state index in [0.717, 1.165) is 0 Å². The smallest absolute Gasteiger partial charge is 0.319 e. The summed E-state index contributed by atoms with van der Waals surface area (Å²) in [7, 11) is 0. The normalized spacial score (nSPS) is 19.8. The molecule has 7 heteroatoms. The number of rotatable bonds is 4. The van der Waals surface area contributed by atoms with E-state index in [1.165, 1.54) is 0 Å². The average Bonchev–Trinajstić information content (AvgIpc) is 2.55. The second kappa shape index (κ2) is 5.92. The van der Waals surface area contributed by atoms with Crippen LogP contribution in [0.25, 0.3) is 10.9 Å². The molecule has 2 aromatic rings. The molecule has 0 amide bonds. The van der Waals surface area contributed by atoms with Crippen LogP contribution < -0.4 is 11.1 Å². The Hall–Kier alpha value is -2.96. The molecule has 0 saturated carbocycles. The lowest BCUT2D eigenvalue weighted by Gasteiger charge is -2.27. The van der Waals surface area contributed by atoms with Crippen LogP contribution in [0.15, 0.2) is 36.6 Å². The maximum Gasteiger partial charge on any atom is 0.319 e. The number of pyridine rings is 1. The molecule has 0 radical (unpaired) electrons. The molecule has 4 N–H and O–H groups in total. The number of hydrogen-bond donors (Lipinski definition) is 3. The van der Waals surface area contributed by atoms with Crippen molar-refractivity contribution in [2.24, 2.45) is 0 Å². The highest BCUT2D eigenvalue weighted by molar-refractivity contribution is 5.92. The molecule has 3 rings (SSSR count). The first-order valence-electron chi connectivity index (χ1n) is 7.70. The molecule has 0 bridgehead atoms. The number of allylic oxidation sites excluding steroid dienone is 3. The fourth-order valence-corrected chi connectivity index (χ4v) is 2.73. The summed E-state index contributed by atoms with van der Waals surface area (Å²) in [5.74, 6) is -0.283. The lowest BCUT2D eigenvalue weighted by molar-refractivity contribution is -0.142. The van der Waals surface area contributed by atoms with Gasteiger partial charge in [-0.1, -0.05) is 24.3 Å². The zero-order chi connectivity index (χ0) is 17.3. The summed E-state index contributed by atoms with van der Waals surface area (Å²) in [5, 5.41) is 13.7. The Morgan fingerprint density at radius 1 is 1.38 bits per heavy atom. The lowest BCUT2D eigenvalue weighted by atomic mass is 9.78. The molecular formula is C17H19N5O2. The average molecular weight is 325 g/mol. The van der Waals surface area contributed by atoms with Gasteiger partial charge in [0.05, 0.1) is 5.69 Å². The maximum atomic E-state index is 12.0. The fraction of sp³-hybridized carbons (Fsp3) is 0.294. The minimum absolute atomic E-state index is 0.106. The number of carbonyl (C=O) groups is 1. The second-order valence-corrected chi connectivity index (χ2v) is 6.09. The van der Waals surface area contributed by atoms with Crippen molar-refractivity contribution in [2.45, 2.75) is 31.7 Å². The predicted molar refractivity (Wildman–Crippen MR) is 92.7 cm³/mol. The number of aliphatic carboxylic acids is 1. The topological polar surface area (TPSA) is 114 Å². The third-order valence-corrected chi connectivity index (χ3v) is 3.92. The molecule has 0 aromatic carbocycles. The number of nitrogen functional groups attached to an aromatic ring is 1. The number of nitrogens with one attached hydrogen (secondary N) is 1. The summed E-state index contributed by atoms with van der Waals surface area (Å²) in [4.78, 5) is 24.8. The van der Waals surface area contributed by atoms with Gasteiger partial charge in [0, 0.05) is 17.6 Å². The summed E-state index contributed by atoms with van der Waals surface area (Å²) in [5.41, 5.74) is 5.51. The Kier molecular flexibility index (Phi) is 3.92. The molecule has 1 aliphatic rings. The van der Waals surface area contributed by atoms with E-state index in [1.54, 1.807) is 24.4 Å². The van der Waals surface area contributed by atoms with E-state index < -0.39 is 11.4 Å². The molecule has 7 nitrogen and oxygen atoms in total. The van der Waals surface area contributed by atoms with Gasteiger partial charge in [0.25, 0.3) is 0 Å². The number of fused-ring (bicyclic) bond motifs is 1. The van der Waals surface area contributed by atoms with Crippen molar-refractivity contribution >= 4 is 28.6 Å². The highest BCUT2D eigenvalue weighted by atomic mass is 16.4. The van der Waals surface area contributed by atoms with E-state index in [4.69, 9.17) is 5.73 Å². The molecule has 1 atom stereocenters. The van der Waals surface area contributed by atoms with Crippen molar-refractivity contribution in [3.05, 3.63) is 42.3 Å². The Morgan fingerprint density at radius 3 is 2.79 bits per heavy atom. The van der Waals surface area contributed by atoms with Gasteiger partial charge in [-0.25, -0.2) is 15.0 Å². The largest absolute Gasteiger partial charge is 0.480 e. The van der Waals surface area contributed by atoms with Gasteiger partial charge in [-0.15, -0.1) is 0 Å². The summed E-state index contributed by atoms with van der Waals surface area (Å²) in [6, 6.07) is 1.83. The molecule has 2 heterocycles. The van der Waals surface area contributed by atoms with Crippen LogP contribution >= 0.6 is 0 Å². The van der Waals surface area contributed by atoms with E-state index in [-0.39, 0.29) is 12.0 Å². The van der Waals surface area contributed by atoms with Gasteiger partial charge in [-0.05, 0) is 26.3 Å². The summed E-state index contributed by atoms with van der Waals surface area (Å²) < 4.78 is 0. The van der Waals surface area contributed by atoms with Crippen LogP contribution in [0.5, 0.6) is 0 Å². The van der Waals surface area contributed by atoms with Crippen LogP contribution in [0, 0.1) is 0 Å². The van der Waals surface area contributed by atoms with Crippen molar-refractivity contribution < 1.29 is 9.90 Å². The molecule has 1 aliphatic carbocycles. The van der Waals surface area contributed by atoms with Crippen LogP contribution in [-0.4, -0.2) is 32.1 Å². The number of aromatic nitrogens is 3. The van der Waals surface area contributed by atoms with Gasteiger partial charge < -0.3 is 16.2 Å². The minimum atomic E-state index is -1.20. The van der Waals surface area contributed by atoms with Crippen LogP contribution in [0.4, 0.5) is 11.8 Å². The third-order valence-electron chi connectivity index (χ3n) is 3.92. The zero-order valence-corrected chi connectivity index (χ0v) is 13.5. The van der Waals surface area contributed by atoms with Gasteiger partial charge in [-0.2, -0.15) is 0 Å². The van der Waals surface area contributed by atoms with Gasteiger partial charge in [-0.3, -0.25) is 4.79 Å². The van der Waals surface area contributed by atoms with E-state index >= 15 is 0 Å². The van der Waals surface area contributed by atoms with E-state index in [0.29, 0.717) is 28.8 Å². The number of carboxylic acids is 1. The molecule has 0 aliphatic heterocycles. The number of anilines is 2. The van der Waals surface area contributed by atoms with Crippen molar-refractivity contribution in [1.82, 2.24) is 15.0 Å². The number of nitrogens with two attached hydrogens (primary N) is 1. The van der Waals surface area contributed by atoms with E-state index in [2.05, 4.69) is 20.3 Å². The molecule has 24 heavy (non-hydrogen) atoms. The summed E-state index contributed by atoms with van der Waals surface area (Å²) in [6.45, 7) is 3.95. The lowest BCUT2D eigenvalue weighted by Crippen LogP contribution is -2.35. The van der Waals surface area contributed by atoms with Gasteiger partial charge in [0.2, 0.25) is 5.95 Å². The van der Waals surface area contributed by atoms with Gasteiger partial charge in [0.15, 0.2) is 5.82 Å². The minimum Gasteiger partial charge on any atom is -0.480 e. The molecule has 2 aromatic heterocycles. The highest BCUT2D eigenvalue weighted by Gasteiger charge is 2.39. The van der Waals surface area contributed by atoms with Crippen molar-refractivity contribution in [1.29, 1.82) is 0 Å². The van der Waals surface area contributed by atoms with Crippen LogP contribution in [0.1, 0.15) is 26.0 Å². The molecule has 124 valence electrons.